The number of likely N-dealkylation sites (tertiary alicyclic amines) is 1. The summed E-state index contributed by atoms with van der Waals surface area (Å²) in [5.74, 6) is 0.437. The number of ether oxygens (including phenoxy) is 1. The second-order valence-corrected chi connectivity index (χ2v) is 4.31. The number of ketones is 1. The van der Waals surface area contributed by atoms with Gasteiger partial charge < -0.3 is 9.64 Å². The second-order valence-electron chi connectivity index (χ2n) is 4.31. The highest BCUT2D eigenvalue weighted by Gasteiger charge is 2.42. The van der Waals surface area contributed by atoms with E-state index in [-0.39, 0.29) is 5.41 Å². The maximum atomic E-state index is 11.8. The van der Waals surface area contributed by atoms with Crippen molar-refractivity contribution in [1.29, 1.82) is 0 Å². The number of rotatable bonds is 0. The number of hydrogen-bond donors (Lipinski definition) is 0. The fourth-order valence-electron chi connectivity index (χ4n) is 2.25. The van der Waals surface area contributed by atoms with Crippen LogP contribution in [-0.2, 0) is 9.53 Å². The molecule has 3 heteroatoms. The fourth-order valence-corrected chi connectivity index (χ4v) is 2.25. The van der Waals surface area contributed by atoms with Gasteiger partial charge in [-0.1, -0.05) is 0 Å². The maximum absolute atomic E-state index is 11.8. The van der Waals surface area contributed by atoms with Crippen LogP contribution in [0.5, 0.6) is 0 Å². The van der Waals surface area contributed by atoms with Crippen molar-refractivity contribution in [2.45, 2.75) is 19.3 Å². The lowest BCUT2D eigenvalue weighted by molar-refractivity contribution is -0.144. The molecular formula is C10H17NO2. The van der Waals surface area contributed by atoms with Gasteiger partial charge in [0.15, 0.2) is 0 Å². The molecule has 2 aliphatic heterocycles. The highest BCUT2D eigenvalue weighted by atomic mass is 16.5. The predicted molar refractivity (Wildman–Crippen MR) is 49.6 cm³/mol. The van der Waals surface area contributed by atoms with E-state index in [1.54, 1.807) is 0 Å². The van der Waals surface area contributed by atoms with E-state index < -0.39 is 0 Å². The Hall–Kier alpha value is -0.410. The third kappa shape index (κ3) is 1.63. The average Bonchev–Trinajstić information content (AvgIpc) is 2.15. The van der Waals surface area contributed by atoms with Gasteiger partial charge in [-0.15, -0.1) is 0 Å². The summed E-state index contributed by atoms with van der Waals surface area (Å²) in [7, 11) is 2.11. The van der Waals surface area contributed by atoms with Crippen LogP contribution in [0.4, 0.5) is 0 Å². The molecule has 2 saturated heterocycles. The van der Waals surface area contributed by atoms with Crippen molar-refractivity contribution in [2.24, 2.45) is 5.41 Å². The number of hydrogen-bond acceptors (Lipinski definition) is 3. The van der Waals surface area contributed by atoms with Gasteiger partial charge in [0.05, 0.1) is 18.6 Å². The molecule has 2 rings (SSSR count). The van der Waals surface area contributed by atoms with Gasteiger partial charge in [0, 0.05) is 6.42 Å². The van der Waals surface area contributed by atoms with Crippen LogP contribution in [0.15, 0.2) is 0 Å². The molecule has 0 radical (unpaired) electrons. The lowest BCUT2D eigenvalue weighted by Gasteiger charge is -2.41. The average molecular weight is 183 g/mol. The van der Waals surface area contributed by atoms with Crippen LogP contribution in [-0.4, -0.2) is 44.0 Å². The smallest absolute Gasteiger partial charge is 0.143 e. The molecule has 0 N–H and O–H groups in total. The number of nitrogens with zero attached hydrogens (tertiary/aromatic N) is 1. The molecule has 0 amide bonds. The Balaban J connectivity index is 2.06. The molecule has 3 nitrogen and oxygen atoms in total. The van der Waals surface area contributed by atoms with Crippen molar-refractivity contribution < 1.29 is 9.53 Å². The van der Waals surface area contributed by atoms with Gasteiger partial charge >= 0.3 is 0 Å². The number of piperidine rings is 1. The lowest BCUT2D eigenvalue weighted by atomic mass is 9.73. The summed E-state index contributed by atoms with van der Waals surface area (Å²) in [4.78, 5) is 14.1. The van der Waals surface area contributed by atoms with Crippen LogP contribution in [0.1, 0.15) is 19.3 Å². The van der Waals surface area contributed by atoms with Crippen LogP contribution in [0.25, 0.3) is 0 Å². The highest BCUT2D eigenvalue weighted by Crippen LogP contribution is 2.35. The first kappa shape index (κ1) is 9.16. The summed E-state index contributed by atoms with van der Waals surface area (Å²) in [5.41, 5.74) is -0.106. The SMILES string of the molecule is CN1CCC2(CC1)COCCC2=O. The molecule has 0 aromatic heterocycles. The van der Waals surface area contributed by atoms with Crippen molar-refractivity contribution in [3.8, 4) is 0 Å². The molecule has 0 aromatic carbocycles. The van der Waals surface area contributed by atoms with E-state index in [1.807, 2.05) is 0 Å². The Kier molecular flexibility index (Phi) is 2.39. The molecule has 13 heavy (non-hydrogen) atoms. The van der Waals surface area contributed by atoms with Crippen molar-refractivity contribution >= 4 is 5.78 Å². The molecule has 0 saturated carbocycles. The number of carbonyl (C=O) groups excluding carboxylic acids is 1. The molecule has 2 heterocycles. The molecule has 74 valence electrons. The minimum Gasteiger partial charge on any atom is -0.380 e. The number of carbonyl (C=O) groups is 1. The van der Waals surface area contributed by atoms with E-state index in [1.165, 1.54) is 0 Å². The molecule has 2 aliphatic rings. The summed E-state index contributed by atoms with van der Waals surface area (Å²) in [6, 6.07) is 0. The normalized spacial score (nSPS) is 29.5. The first-order chi connectivity index (χ1) is 6.23. The Labute approximate surface area is 79.0 Å². The van der Waals surface area contributed by atoms with Gasteiger partial charge in [0.2, 0.25) is 0 Å². The van der Waals surface area contributed by atoms with Gasteiger partial charge in [-0.3, -0.25) is 4.79 Å². The standard InChI is InChI=1S/C10H17NO2/c1-11-5-3-10(4-6-11)8-13-7-2-9(10)12/h2-8H2,1H3. The third-order valence-corrected chi connectivity index (χ3v) is 3.39. The molecule has 0 aromatic rings. The fraction of sp³-hybridized carbons (Fsp3) is 0.900. The van der Waals surface area contributed by atoms with E-state index in [4.69, 9.17) is 4.74 Å². The van der Waals surface area contributed by atoms with Gasteiger partial charge in [-0.25, -0.2) is 0 Å². The molecule has 0 atom stereocenters. The van der Waals surface area contributed by atoms with Crippen molar-refractivity contribution in [2.75, 3.05) is 33.4 Å². The van der Waals surface area contributed by atoms with E-state index >= 15 is 0 Å². The summed E-state index contributed by atoms with van der Waals surface area (Å²) >= 11 is 0. The van der Waals surface area contributed by atoms with Crippen LogP contribution in [0.2, 0.25) is 0 Å². The minimum atomic E-state index is -0.106. The third-order valence-electron chi connectivity index (χ3n) is 3.39. The maximum Gasteiger partial charge on any atom is 0.143 e. The van der Waals surface area contributed by atoms with Gasteiger partial charge in [0.25, 0.3) is 0 Å². The first-order valence-electron chi connectivity index (χ1n) is 5.03. The van der Waals surface area contributed by atoms with E-state index in [0.717, 1.165) is 25.9 Å². The molecule has 0 bridgehead atoms. The Morgan fingerprint density at radius 3 is 2.69 bits per heavy atom. The summed E-state index contributed by atoms with van der Waals surface area (Å²) in [6.45, 7) is 3.38. The van der Waals surface area contributed by atoms with Crippen molar-refractivity contribution in [3.63, 3.8) is 0 Å². The largest absolute Gasteiger partial charge is 0.380 e. The van der Waals surface area contributed by atoms with Crippen LogP contribution in [0, 0.1) is 5.41 Å². The highest BCUT2D eigenvalue weighted by molar-refractivity contribution is 5.85. The Morgan fingerprint density at radius 2 is 2.08 bits per heavy atom. The van der Waals surface area contributed by atoms with Gasteiger partial charge in [-0.2, -0.15) is 0 Å². The zero-order valence-electron chi connectivity index (χ0n) is 8.21. The molecule has 0 unspecified atom stereocenters. The van der Waals surface area contributed by atoms with Crippen LogP contribution >= 0.6 is 0 Å². The zero-order chi connectivity index (χ0) is 9.31. The molecular weight excluding hydrogens is 166 g/mol. The van der Waals surface area contributed by atoms with Crippen molar-refractivity contribution in [1.82, 2.24) is 4.90 Å². The summed E-state index contributed by atoms with van der Waals surface area (Å²) in [6.07, 6.45) is 2.61. The zero-order valence-corrected chi connectivity index (χ0v) is 8.21. The summed E-state index contributed by atoms with van der Waals surface area (Å²) < 4.78 is 5.43. The first-order valence-corrected chi connectivity index (χ1v) is 5.03. The van der Waals surface area contributed by atoms with E-state index in [9.17, 15) is 4.79 Å². The minimum absolute atomic E-state index is 0.106. The van der Waals surface area contributed by atoms with E-state index in [0.29, 0.717) is 25.4 Å². The molecule has 2 fully saturated rings. The van der Waals surface area contributed by atoms with Crippen molar-refractivity contribution in [3.05, 3.63) is 0 Å². The Morgan fingerprint density at radius 1 is 1.38 bits per heavy atom. The molecule has 0 aliphatic carbocycles. The topological polar surface area (TPSA) is 29.5 Å². The molecule has 1 spiro atoms. The second kappa shape index (κ2) is 3.39. The van der Waals surface area contributed by atoms with Gasteiger partial charge in [0.1, 0.15) is 5.78 Å². The summed E-state index contributed by atoms with van der Waals surface area (Å²) in [5, 5.41) is 0. The predicted octanol–water partition coefficient (Wildman–Crippen LogP) is 0.688. The van der Waals surface area contributed by atoms with Crippen LogP contribution < -0.4 is 0 Å². The monoisotopic (exact) mass is 183 g/mol. The quantitative estimate of drug-likeness (QED) is 0.553. The Bertz CT molecular complexity index is 207. The number of Topliss-reactive ketones (excluding diaryl/α,β-unsaturated/α-hetero) is 1. The van der Waals surface area contributed by atoms with E-state index in [2.05, 4.69) is 11.9 Å². The lowest BCUT2D eigenvalue weighted by Crippen LogP contribution is -2.48. The van der Waals surface area contributed by atoms with Gasteiger partial charge in [-0.05, 0) is 33.0 Å². The van der Waals surface area contributed by atoms with Crippen LogP contribution in [0.3, 0.4) is 0 Å².